The Balaban J connectivity index is 1.36. The van der Waals surface area contributed by atoms with E-state index in [0.29, 0.717) is 23.6 Å². The van der Waals surface area contributed by atoms with Gasteiger partial charge in [0.15, 0.2) is 0 Å². The summed E-state index contributed by atoms with van der Waals surface area (Å²) in [6, 6.07) is 15.9. The molecule has 196 valence electrons. The molecule has 0 saturated carbocycles. The number of tetrazole rings is 1. The first kappa shape index (κ1) is 24.6. The van der Waals surface area contributed by atoms with Gasteiger partial charge >= 0.3 is 6.09 Å². The number of rotatable bonds is 6. The maximum absolute atomic E-state index is 13.5. The maximum atomic E-state index is 13.5. The topological polar surface area (TPSA) is 144 Å². The van der Waals surface area contributed by atoms with Crippen molar-refractivity contribution in [3.8, 4) is 28.1 Å². The average molecular weight is 543 g/mol. The lowest BCUT2D eigenvalue weighted by molar-refractivity contribution is 0.209. The first-order valence-corrected chi connectivity index (χ1v) is 12.8. The molecule has 0 spiro atoms. The third kappa shape index (κ3) is 4.57. The number of benzene rings is 2. The number of hydrogen-bond acceptors (Lipinski definition) is 6. The minimum atomic E-state index is -1.11. The number of pyridine rings is 1. The van der Waals surface area contributed by atoms with E-state index >= 15 is 0 Å². The van der Waals surface area contributed by atoms with Gasteiger partial charge in [0.1, 0.15) is 12.2 Å². The smallest absolute Gasteiger partial charge is 0.409 e. The van der Waals surface area contributed by atoms with Gasteiger partial charge in [0.2, 0.25) is 0 Å². The number of amides is 1. The Kier molecular flexibility index (Phi) is 6.20. The van der Waals surface area contributed by atoms with Crippen molar-refractivity contribution in [3.63, 3.8) is 0 Å². The molecule has 3 aromatic heterocycles. The highest BCUT2D eigenvalue weighted by atomic mass is 35.5. The van der Waals surface area contributed by atoms with E-state index in [4.69, 9.17) is 21.7 Å². The Morgan fingerprint density at radius 3 is 2.69 bits per heavy atom. The van der Waals surface area contributed by atoms with Gasteiger partial charge in [0.25, 0.3) is 5.56 Å². The molecule has 0 radical (unpaired) electrons. The second-order valence-corrected chi connectivity index (χ2v) is 9.66. The first-order valence-electron chi connectivity index (χ1n) is 12.4. The van der Waals surface area contributed by atoms with Crippen molar-refractivity contribution in [2.45, 2.75) is 32.2 Å². The molecule has 0 saturated heterocycles. The van der Waals surface area contributed by atoms with Gasteiger partial charge in [-0.05, 0) is 77.2 Å². The quantitative estimate of drug-likeness (QED) is 0.281. The Hall–Kier alpha value is -4.77. The second-order valence-electron chi connectivity index (χ2n) is 9.22. The van der Waals surface area contributed by atoms with Crippen molar-refractivity contribution in [2.24, 2.45) is 0 Å². The van der Waals surface area contributed by atoms with E-state index in [1.165, 1.54) is 6.33 Å². The Morgan fingerprint density at radius 1 is 1.15 bits per heavy atom. The van der Waals surface area contributed by atoms with Gasteiger partial charge in [-0.15, -0.1) is 5.10 Å². The fourth-order valence-electron chi connectivity index (χ4n) is 5.15. The predicted molar refractivity (Wildman–Crippen MR) is 145 cm³/mol. The lowest BCUT2D eigenvalue weighted by atomic mass is 10.0. The first-order chi connectivity index (χ1) is 18.9. The zero-order valence-corrected chi connectivity index (χ0v) is 21.6. The number of imidazole rings is 1. The van der Waals surface area contributed by atoms with Gasteiger partial charge in [-0.3, -0.25) is 10.1 Å². The lowest BCUT2D eigenvalue weighted by Crippen LogP contribution is -2.24. The summed E-state index contributed by atoms with van der Waals surface area (Å²) < 4.78 is 3.34. The summed E-state index contributed by atoms with van der Waals surface area (Å²) in [5.41, 5.74) is 6.11. The van der Waals surface area contributed by atoms with Crippen LogP contribution in [-0.2, 0) is 12.8 Å². The molecule has 39 heavy (non-hydrogen) atoms. The number of nitrogens with zero attached hydrogens (tertiary/aromatic N) is 6. The van der Waals surface area contributed by atoms with Crippen LogP contribution in [0.1, 0.15) is 36.6 Å². The molecule has 0 fully saturated rings. The normalized spacial score (nSPS) is 14.4. The number of aryl methyl sites for hydroxylation is 2. The SMILES string of the molecule is CCc1nc(C2CCc3cc(-c4cc(Cl)ccc4-n4cnnn4)cc(=O)n32)[nH]c1-c1ccc(NC(=O)O)cc1. The number of H-pyrrole nitrogens is 1. The van der Waals surface area contributed by atoms with Crippen LogP contribution in [-0.4, -0.2) is 45.9 Å². The standard InChI is InChI=1S/C27H23ClN8O3/c1-2-21-25(15-3-6-18(7-4-15)30-27(38)39)32-26(31-21)23-10-8-19-11-16(12-24(37)36(19)23)20-13-17(28)5-9-22(20)35-14-29-33-34-35/h3-7,9,11-14,23,30H,2,8,10H2,1H3,(H,31,32)(H,38,39). The fourth-order valence-corrected chi connectivity index (χ4v) is 5.32. The highest BCUT2D eigenvalue weighted by molar-refractivity contribution is 6.31. The zero-order valence-electron chi connectivity index (χ0n) is 20.8. The number of halogens is 1. The van der Waals surface area contributed by atoms with Gasteiger partial charge in [0.05, 0.1) is 23.1 Å². The Labute approximate surface area is 227 Å². The minimum Gasteiger partial charge on any atom is -0.465 e. The molecule has 0 aliphatic carbocycles. The monoisotopic (exact) mass is 542 g/mol. The van der Waals surface area contributed by atoms with E-state index in [-0.39, 0.29) is 11.6 Å². The van der Waals surface area contributed by atoms with Crippen molar-refractivity contribution in [3.05, 3.63) is 93.5 Å². The molecular formula is C27H23ClN8O3. The third-order valence-electron chi connectivity index (χ3n) is 6.87. The minimum absolute atomic E-state index is 0.132. The molecular weight excluding hydrogens is 520 g/mol. The summed E-state index contributed by atoms with van der Waals surface area (Å²) >= 11 is 6.31. The van der Waals surface area contributed by atoms with Crippen molar-refractivity contribution in [1.29, 1.82) is 0 Å². The molecule has 4 heterocycles. The van der Waals surface area contributed by atoms with Crippen LogP contribution < -0.4 is 10.9 Å². The van der Waals surface area contributed by atoms with Gasteiger partial charge in [0, 0.05) is 28.0 Å². The maximum Gasteiger partial charge on any atom is 0.409 e. The molecule has 5 aromatic rings. The number of carboxylic acid groups (broad SMARTS) is 1. The Morgan fingerprint density at radius 2 is 1.97 bits per heavy atom. The fraction of sp³-hybridized carbons (Fsp3) is 0.185. The zero-order chi connectivity index (χ0) is 27.1. The summed E-state index contributed by atoms with van der Waals surface area (Å²) in [7, 11) is 0. The van der Waals surface area contributed by atoms with E-state index in [0.717, 1.165) is 51.7 Å². The molecule has 11 nitrogen and oxygen atoms in total. The van der Waals surface area contributed by atoms with Crippen molar-refractivity contribution in [1.82, 2.24) is 34.7 Å². The summed E-state index contributed by atoms with van der Waals surface area (Å²) in [5, 5.41) is 23.3. The number of carbonyl (C=O) groups is 1. The van der Waals surface area contributed by atoms with E-state index in [9.17, 15) is 9.59 Å². The van der Waals surface area contributed by atoms with Crippen LogP contribution in [0.2, 0.25) is 5.02 Å². The number of aromatic nitrogens is 7. The largest absolute Gasteiger partial charge is 0.465 e. The van der Waals surface area contributed by atoms with Gasteiger partial charge in [-0.2, -0.15) is 4.68 Å². The highest BCUT2D eigenvalue weighted by Gasteiger charge is 2.29. The average Bonchev–Trinajstić information content (AvgIpc) is 3.68. The van der Waals surface area contributed by atoms with E-state index < -0.39 is 6.09 Å². The number of nitrogens with one attached hydrogen (secondary N) is 2. The van der Waals surface area contributed by atoms with Crippen LogP contribution in [0.5, 0.6) is 0 Å². The lowest BCUT2D eigenvalue weighted by Gasteiger charge is -2.15. The van der Waals surface area contributed by atoms with Gasteiger partial charge in [-0.25, -0.2) is 9.78 Å². The van der Waals surface area contributed by atoms with E-state index in [2.05, 4.69) is 25.8 Å². The van der Waals surface area contributed by atoms with E-state index in [1.54, 1.807) is 39.6 Å². The third-order valence-corrected chi connectivity index (χ3v) is 7.11. The van der Waals surface area contributed by atoms with Gasteiger partial charge < -0.3 is 14.7 Å². The molecule has 1 aliphatic rings. The Bertz CT molecular complexity index is 1740. The summed E-state index contributed by atoms with van der Waals surface area (Å²) in [6.45, 7) is 2.03. The predicted octanol–water partition coefficient (Wildman–Crippen LogP) is 4.72. The van der Waals surface area contributed by atoms with Crippen LogP contribution >= 0.6 is 11.6 Å². The van der Waals surface area contributed by atoms with Crippen molar-refractivity contribution in [2.75, 3.05) is 5.32 Å². The molecule has 0 bridgehead atoms. The molecule has 1 amide bonds. The molecule has 2 aromatic carbocycles. The highest BCUT2D eigenvalue weighted by Crippen LogP contribution is 2.35. The summed E-state index contributed by atoms with van der Waals surface area (Å²) in [6.07, 6.45) is 2.52. The van der Waals surface area contributed by atoms with Crippen LogP contribution in [0.15, 0.2) is 65.7 Å². The van der Waals surface area contributed by atoms with Crippen molar-refractivity contribution < 1.29 is 9.90 Å². The molecule has 1 atom stereocenters. The molecule has 12 heteroatoms. The van der Waals surface area contributed by atoms with E-state index in [1.807, 2.05) is 31.2 Å². The van der Waals surface area contributed by atoms with Crippen LogP contribution in [0.3, 0.4) is 0 Å². The second kappa shape index (κ2) is 9.84. The number of aromatic amines is 1. The summed E-state index contributed by atoms with van der Waals surface area (Å²) in [4.78, 5) is 32.8. The molecule has 3 N–H and O–H groups in total. The van der Waals surface area contributed by atoms with Crippen LogP contribution in [0.4, 0.5) is 10.5 Å². The van der Waals surface area contributed by atoms with Crippen LogP contribution in [0, 0.1) is 0 Å². The molecule has 1 unspecified atom stereocenters. The summed E-state index contributed by atoms with van der Waals surface area (Å²) in [5.74, 6) is 0.723. The van der Waals surface area contributed by atoms with Crippen molar-refractivity contribution >= 4 is 23.4 Å². The molecule has 6 rings (SSSR count). The van der Waals surface area contributed by atoms with Gasteiger partial charge in [-0.1, -0.05) is 30.7 Å². The number of fused-ring (bicyclic) bond motifs is 1. The number of hydrogen-bond donors (Lipinski definition) is 3. The number of anilines is 1. The van der Waals surface area contributed by atoms with Crippen LogP contribution in [0.25, 0.3) is 28.1 Å². The molecule has 1 aliphatic heterocycles.